The van der Waals surface area contributed by atoms with Crippen molar-refractivity contribution in [2.45, 2.75) is 0 Å². The van der Waals surface area contributed by atoms with Gasteiger partial charge < -0.3 is 13.3 Å². The van der Waals surface area contributed by atoms with Crippen molar-refractivity contribution >= 4 is 195 Å². The van der Waals surface area contributed by atoms with Gasteiger partial charge in [0.1, 0.15) is 33.5 Å². The molecular formula is C96H54O3. The van der Waals surface area contributed by atoms with Gasteiger partial charge in [-0.3, -0.25) is 0 Å². The molecule has 456 valence electrons. The molecule has 0 aliphatic heterocycles. The number of furan rings is 3. The summed E-state index contributed by atoms with van der Waals surface area (Å²) in [6.07, 6.45) is 0. The fourth-order valence-corrected chi connectivity index (χ4v) is 17.1. The first-order valence-corrected chi connectivity index (χ1v) is 34.1. The van der Waals surface area contributed by atoms with Gasteiger partial charge in [0.2, 0.25) is 0 Å². The molecular weight excluding hydrogens is 1200 g/mol. The maximum Gasteiger partial charge on any atom is 0.143 e. The van der Waals surface area contributed by atoms with E-state index in [0.717, 1.165) is 49.7 Å². The molecule has 0 bridgehead atoms. The second-order valence-electron chi connectivity index (χ2n) is 26.8. The van der Waals surface area contributed by atoms with Crippen LogP contribution < -0.4 is 0 Å². The van der Waals surface area contributed by atoms with E-state index in [4.69, 9.17) is 13.3 Å². The van der Waals surface area contributed by atoms with Crippen LogP contribution in [-0.2, 0) is 0 Å². The third kappa shape index (κ3) is 8.01. The van der Waals surface area contributed by atoms with Crippen molar-refractivity contribution in [3.05, 3.63) is 328 Å². The van der Waals surface area contributed by atoms with E-state index in [-0.39, 0.29) is 0 Å². The number of rotatable bonds is 3. The van der Waals surface area contributed by atoms with Crippen molar-refractivity contribution in [3.63, 3.8) is 0 Å². The first-order valence-electron chi connectivity index (χ1n) is 34.1. The Labute approximate surface area is 565 Å². The molecule has 0 atom stereocenters. The van der Waals surface area contributed by atoms with Crippen LogP contribution in [0.4, 0.5) is 0 Å². The molecule has 3 heterocycles. The highest BCUT2D eigenvalue weighted by Crippen LogP contribution is 2.48. The van der Waals surface area contributed by atoms with Gasteiger partial charge in [0.25, 0.3) is 0 Å². The molecule has 24 rings (SSSR count). The highest BCUT2D eigenvalue weighted by molar-refractivity contribution is 6.30. The summed E-state index contributed by atoms with van der Waals surface area (Å²) in [6.45, 7) is 0. The number of hydrogen-bond acceptors (Lipinski definition) is 3. The SMILES string of the molecule is c1cc2ccc3ccc(-c4cc5c6ccccc6oc5c5ccccc45)c4ccc(c1)c2c34.c1ccc2c(c1)ccc1c3cc(-c4ccc5ccc6cccc7ccc4c5c67)ccc3oc21.c1ccc2c(c1)ccc1oc3ccc(-c4ccc5ccc6cccc7ccc4c5c67)cc3c12. The van der Waals surface area contributed by atoms with E-state index in [1.165, 1.54) is 179 Å². The standard InChI is InChI=1S/3C32H18O/c1-2-10-26-22(8-1)27(18-28-24-9-3-4-11-29(24)33-32(26)28)23-16-14-21-13-12-19-6-5-7-20-15-17-25(23)31(21)30(19)20;1-2-7-25-19(4-1)10-16-27-28-18-23(13-17-29(28)33-32(25)27)24-14-11-22-9-8-20-5-3-6-21-12-15-26(24)31(22)30(20)21;1-2-7-25-19(4-1)12-17-29-32(25)27-18-23(13-16-28(27)33-29)24-14-10-22-9-8-20-5-3-6-21-11-15-26(24)31(22)30(20)21/h3*1-18H. The average Bonchev–Trinajstić information content (AvgIpc) is 1.47. The Hall–Kier alpha value is -13.1. The zero-order valence-electron chi connectivity index (χ0n) is 53.4. The van der Waals surface area contributed by atoms with Gasteiger partial charge in [-0.25, -0.2) is 0 Å². The zero-order valence-corrected chi connectivity index (χ0v) is 53.4. The molecule has 0 saturated heterocycles. The van der Waals surface area contributed by atoms with Crippen molar-refractivity contribution in [3.8, 4) is 33.4 Å². The lowest BCUT2D eigenvalue weighted by atomic mass is 9.88. The predicted octanol–water partition coefficient (Wildman–Crippen LogP) is 27.9. The van der Waals surface area contributed by atoms with E-state index in [0.29, 0.717) is 0 Å². The quantitative estimate of drug-likeness (QED) is 0.166. The maximum absolute atomic E-state index is 6.34. The minimum atomic E-state index is 0.933. The van der Waals surface area contributed by atoms with E-state index in [9.17, 15) is 0 Å². The minimum absolute atomic E-state index is 0.933. The van der Waals surface area contributed by atoms with Gasteiger partial charge >= 0.3 is 0 Å². The second-order valence-corrected chi connectivity index (χ2v) is 26.8. The molecule has 3 heteroatoms. The van der Waals surface area contributed by atoms with E-state index in [1.807, 2.05) is 6.07 Å². The summed E-state index contributed by atoms with van der Waals surface area (Å²) < 4.78 is 18.9. The number of para-hydroxylation sites is 1. The lowest BCUT2D eigenvalue weighted by Gasteiger charge is -2.15. The molecule has 0 saturated carbocycles. The van der Waals surface area contributed by atoms with E-state index in [2.05, 4.69) is 322 Å². The van der Waals surface area contributed by atoms with Crippen molar-refractivity contribution in [1.82, 2.24) is 0 Å². The number of benzene rings is 21. The molecule has 99 heavy (non-hydrogen) atoms. The Morgan fingerprint density at radius 1 is 0.141 bits per heavy atom. The van der Waals surface area contributed by atoms with Crippen LogP contribution in [0.2, 0.25) is 0 Å². The van der Waals surface area contributed by atoms with Gasteiger partial charge in [-0.1, -0.05) is 279 Å². The van der Waals surface area contributed by atoms with Crippen LogP contribution in [0.5, 0.6) is 0 Å². The normalized spacial score (nSPS) is 12.2. The third-order valence-corrected chi connectivity index (χ3v) is 21.6. The van der Waals surface area contributed by atoms with Crippen LogP contribution in [-0.4, -0.2) is 0 Å². The Bertz CT molecular complexity index is 7430. The molecule has 0 spiro atoms. The molecule has 0 amide bonds. The summed E-state index contributed by atoms with van der Waals surface area (Å²) >= 11 is 0. The van der Waals surface area contributed by atoms with Gasteiger partial charge in [0.15, 0.2) is 0 Å². The zero-order chi connectivity index (χ0) is 64.6. The Kier molecular flexibility index (Phi) is 11.3. The summed E-state index contributed by atoms with van der Waals surface area (Å²) in [7, 11) is 0. The van der Waals surface area contributed by atoms with Gasteiger partial charge in [-0.15, -0.1) is 0 Å². The van der Waals surface area contributed by atoms with Crippen LogP contribution in [0, 0.1) is 0 Å². The molecule has 0 fully saturated rings. The lowest BCUT2D eigenvalue weighted by molar-refractivity contribution is 0.669. The predicted molar refractivity (Wildman–Crippen MR) is 421 cm³/mol. The molecule has 0 aliphatic rings. The van der Waals surface area contributed by atoms with Crippen molar-refractivity contribution in [2.24, 2.45) is 0 Å². The summed E-state index contributed by atoms with van der Waals surface area (Å²) in [5.74, 6) is 0. The van der Waals surface area contributed by atoms with Crippen LogP contribution in [0.25, 0.3) is 228 Å². The second kappa shape index (κ2) is 20.7. The Morgan fingerprint density at radius 2 is 0.495 bits per heavy atom. The van der Waals surface area contributed by atoms with Gasteiger partial charge in [-0.05, 0) is 200 Å². The average molecular weight is 1260 g/mol. The van der Waals surface area contributed by atoms with Crippen molar-refractivity contribution in [1.29, 1.82) is 0 Å². The molecule has 0 unspecified atom stereocenters. The van der Waals surface area contributed by atoms with Gasteiger partial charge in [0.05, 0.1) is 0 Å². The highest BCUT2D eigenvalue weighted by atomic mass is 16.3. The fourth-order valence-electron chi connectivity index (χ4n) is 17.1. The molecule has 0 N–H and O–H groups in total. The third-order valence-electron chi connectivity index (χ3n) is 21.6. The molecule has 0 radical (unpaired) electrons. The van der Waals surface area contributed by atoms with Gasteiger partial charge in [-0.2, -0.15) is 0 Å². The highest BCUT2D eigenvalue weighted by Gasteiger charge is 2.21. The molecule has 3 aromatic heterocycles. The maximum atomic E-state index is 6.34. The summed E-state index contributed by atoms with van der Waals surface area (Å²) in [4.78, 5) is 0. The van der Waals surface area contributed by atoms with E-state index < -0.39 is 0 Å². The summed E-state index contributed by atoms with van der Waals surface area (Å²) in [5.41, 5.74) is 13.2. The van der Waals surface area contributed by atoms with E-state index in [1.54, 1.807) is 0 Å². The van der Waals surface area contributed by atoms with Crippen molar-refractivity contribution in [2.75, 3.05) is 0 Å². The van der Waals surface area contributed by atoms with E-state index >= 15 is 0 Å². The molecule has 24 aromatic rings. The molecule has 3 nitrogen and oxygen atoms in total. The molecule has 0 aliphatic carbocycles. The van der Waals surface area contributed by atoms with Gasteiger partial charge in [0, 0.05) is 43.1 Å². The lowest BCUT2D eigenvalue weighted by Crippen LogP contribution is -1.88. The Balaban J connectivity index is 0.0000000949. The van der Waals surface area contributed by atoms with Crippen molar-refractivity contribution < 1.29 is 13.3 Å². The van der Waals surface area contributed by atoms with Crippen LogP contribution in [0.1, 0.15) is 0 Å². The first kappa shape index (κ1) is 54.2. The summed E-state index contributed by atoms with van der Waals surface area (Å²) in [5, 5.41) is 37.9. The molecule has 21 aromatic carbocycles. The minimum Gasteiger partial charge on any atom is -0.456 e. The fraction of sp³-hybridized carbons (Fsp3) is 0. The van der Waals surface area contributed by atoms with Crippen LogP contribution in [0.3, 0.4) is 0 Å². The number of fused-ring (bicyclic) bond motifs is 15. The Morgan fingerprint density at radius 3 is 1.07 bits per heavy atom. The first-order chi connectivity index (χ1) is 49.1. The number of hydrogen-bond donors (Lipinski definition) is 0. The topological polar surface area (TPSA) is 39.4 Å². The monoisotopic (exact) mass is 1250 g/mol. The largest absolute Gasteiger partial charge is 0.456 e. The summed E-state index contributed by atoms with van der Waals surface area (Å²) in [6, 6.07) is 119. The van der Waals surface area contributed by atoms with Crippen LogP contribution in [0.15, 0.2) is 341 Å². The smallest absolute Gasteiger partial charge is 0.143 e. The van der Waals surface area contributed by atoms with Crippen LogP contribution >= 0.6 is 0 Å².